The van der Waals surface area contributed by atoms with Gasteiger partial charge in [0.2, 0.25) is 0 Å². The second-order valence-corrected chi connectivity index (χ2v) is 5.58. The number of benzene rings is 2. The topological polar surface area (TPSA) is 37.9 Å². The van der Waals surface area contributed by atoms with Crippen LogP contribution in [0.3, 0.4) is 0 Å². The number of imidazole rings is 1. The van der Waals surface area contributed by atoms with Crippen LogP contribution in [0, 0.1) is 0 Å². The predicted molar refractivity (Wildman–Crippen MR) is 78.4 cm³/mol. The van der Waals surface area contributed by atoms with Crippen molar-refractivity contribution in [2.24, 2.45) is 0 Å². The first-order valence-electron chi connectivity index (χ1n) is 6.21. The third kappa shape index (κ3) is 1.83. The van der Waals surface area contributed by atoms with Gasteiger partial charge in [-0.15, -0.1) is 0 Å². The van der Waals surface area contributed by atoms with Crippen molar-refractivity contribution >= 4 is 27.0 Å². The van der Waals surface area contributed by atoms with Crippen LogP contribution >= 0.6 is 15.9 Å². The molecule has 0 saturated heterocycles. The van der Waals surface area contributed by atoms with E-state index in [1.807, 2.05) is 24.3 Å². The van der Waals surface area contributed by atoms with Crippen molar-refractivity contribution < 1.29 is 4.74 Å². The van der Waals surface area contributed by atoms with E-state index < -0.39 is 0 Å². The molecule has 2 heterocycles. The van der Waals surface area contributed by atoms with Crippen molar-refractivity contribution in [1.82, 2.24) is 9.97 Å². The van der Waals surface area contributed by atoms with E-state index in [0.717, 1.165) is 45.7 Å². The summed E-state index contributed by atoms with van der Waals surface area (Å²) < 4.78 is 6.58. The van der Waals surface area contributed by atoms with Crippen molar-refractivity contribution in [2.45, 2.75) is 6.42 Å². The van der Waals surface area contributed by atoms with Gasteiger partial charge in [0.1, 0.15) is 11.6 Å². The number of H-pyrrole nitrogens is 1. The molecule has 0 atom stereocenters. The highest BCUT2D eigenvalue weighted by Gasteiger charge is 2.14. The van der Waals surface area contributed by atoms with E-state index >= 15 is 0 Å². The van der Waals surface area contributed by atoms with Gasteiger partial charge in [-0.3, -0.25) is 0 Å². The zero-order valence-corrected chi connectivity index (χ0v) is 11.7. The lowest BCUT2D eigenvalue weighted by Gasteiger charge is -2.01. The molecule has 0 spiro atoms. The zero-order valence-electron chi connectivity index (χ0n) is 10.1. The second kappa shape index (κ2) is 4.10. The Balaban J connectivity index is 1.85. The van der Waals surface area contributed by atoms with Crippen molar-refractivity contribution in [3.05, 3.63) is 46.4 Å². The summed E-state index contributed by atoms with van der Waals surface area (Å²) in [5.74, 6) is 1.91. The summed E-state index contributed by atoms with van der Waals surface area (Å²) in [6.45, 7) is 0.784. The summed E-state index contributed by atoms with van der Waals surface area (Å²) in [7, 11) is 0. The Morgan fingerprint density at radius 3 is 3.05 bits per heavy atom. The standard InChI is InChI=1S/C15H11BrN2O/c16-11-2-3-12-13(8-11)18-15(17-12)10-1-4-14-9(7-10)5-6-19-14/h1-4,7-8H,5-6H2,(H,17,18). The molecule has 0 bridgehead atoms. The Morgan fingerprint density at radius 1 is 1.16 bits per heavy atom. The number of aromatic amines is 1. The maximum atomic E-state index is 5.53. The Kier molecular flexibility index (Phi) is 2.38. The fraction of sp³-hybridized carbons (Fsp3) is 0.133. The lowest BCUT2D eigenvalue weighted by molar-refractivity contribution is 0.357. The van der Waals surface area contributed by atoms with Crippen LogP contribution in [0.15, 0.2) is 40.9 Å². The largest absolute Gasteiger partial charge is 0.493 e. The molecule has 3 aromatic rings. The average molecular weight is 315 g/mol. The van der Waals surface area contributed by atoms with E-state index in [2.05, 4.69) is 38.0 Å². The van der Waals surface area contributed by atoms with Crippen LogP contribution in [-0.2, 0) is 6.42 Å². The molecule has 3 nitrogen and oxygen atoms in total. The molecule has 19 heavy (non-hydrogen) atoms. The third-order valence-corrected chi connectivity index (χ3v) is 3.90. The van der Waals surface area contributed by atoms with E-state index in [9.17, 15) is 0 Å². The zero-order chi connectivity index (χ0) is 12.8. The van der Waals surface area contributed by atoms with Crippen LogP contribution in [0.2, 0.25) is 0 Å². The molecule has 0 amide bonds. The minimum absolute atomic E-state index is 0.784. The number of fused-ring (bicyclic) bond motifs is 2. The van der Waals surface area contributed by atoms with Gasteiger partial charge < -0.3 is 9.72 Å². The summed E-state index contributed by atoms with van der Waals surface area (Å²) >= 11 is 3.47. The molecule has 4 rings (SSSR count). The van der Waals surface area contributed by atoms with E-state index in [-0.39, 0.29) is 0 Å². The van der Waals surface area contributed by atoms with E-state index in [0.29, 0.717) is 0 Å². The van der Waals surface area contributed by atoms with Crippen LogP contribution in [-0.4, -0.2) is 16.6 Å². The van der Waals surface area contributed by atoms with Crippen LogP contribution < -0.4 is 4.74 Å². The number of halogens is 1. The molecule has 1 aliphatic rings. The highest BCUT2D eigenvalue weighted by molar-refractivity contribution is 9.10. The molecule has 0 saturated carbocycles. The molecule has 94 valence electrons. The first kappa shape index (κ1) is 11.1. The summed E-state index contributed by atoms with van der Waals surface area (Å²) in [5.41, 5.74) is 4.40. The Hall–Kier alpha value is -1.81. The number of nitrogens with one attached hydrogen (secondary N) is 1. The second-order valence-electron chi connectivity index (χ2n) is 4.67. The molecule has 1 aromatic heterocycles. The molecule has 1 N–H and O–H groups in total. The first-order valence-corrected chi connectivity index (χ1v) is 7.00. The smallest absolute Gasteiger partial charge is 0.138 e. The molecule has 4 heteroatoms. The number of aromatic nitrogens is 2. The molecule has 0 fully saturated rings. The Labute approximate surface area is 118 Å². The van der Waals surface area contributed by atoms with E-state index in [1.54, 1.807) is 0 Å². The summed E-state index contributed by atoms with van der Waals surface area (Å²) in [6.07, 6.45) is 0.981. The fourth-order valence-electron chi connectivity index (χ4n) is 2.45. The van der Waals surface area contributed by atoms with Gasteiger partial charge in [-0.05, 0) is 42.0 Å². The quantitative estimate of drug-likeness (QED) is 0.739. The Bertz CT molecular complexity index is 779. The van der Waals surface area contributed by atoms with Crippen molar-refractivity contribution in [3.8, 4) is 17.1 Å². The predicted octanol–water partition coefficient (Wildman–Crippen LogP) is 3.93. The number of nitrogens with zero attached hydrogens (tertiary/aromatic N) is 1. The van der Waals surface area contributed by atoms with Gasteiger partial charge in [-0.25, -0.2) is 4.98 Å². The first-order chi connectivity index (χ1) is 9.29. The van der Waals surface area contributed by atoms with Gasteiger partial charge in [-0.1, -0.05) is 15.9 Å². The molecule has 1 aliphatic heterocycles. The van der Waals surface area contributed by atoms with E-state index in [1.165, 1.54) is 5.56 Å². The minimum atomic E-state index is 0.784. The van der Waals surface area contributed by atoms with Gasteiger partial charge >= 0.3 is 0 Å². The molecule has 0 unspecified atom stereocenters. The third-order valence-electron chi connectivity index (χ3n) is 3.41. The van der Waals surface area contributed by atoms with Crippen molar-refractivity contribution in [1.29, 1.82) is 0 Å². The van der Waals surface area contributed by atoms with Gasteiger partial charge in [0.15, 0.2) is 0 Å². The van der Waals surface area contributed by atoms with E-state index in [4.69, 9.17) is 4.74 Å². The summed E-state index contributed by atoms with van der Waals surface area (Å²) in [5, 5.41) is 0. The van der Waals surface area contributed by atoms with Crippen molar-refractivity contribution in [2.75, 3.05) is 6.61 Å². The molecular weight excluding hydrogens is 304 g/mol. The minimum Gasteiger partial charge on any atom is -0.493 e. The van der Waals surface area contributed by atoms with Gasteiger partial charge in [0, 0.05) is 16.5 Å². The van der Waals surface area contributed by atoms with Gasteiger partial charge in [-0.2, -0.15) is 0 Å². The number of hydrogen-bond donors (Lipinski definition) is 1. The molecular formula is C15H11BrN2O. The van der Waals surface area contributed by atoms with Gasteiger partial charge in [0.05, 0.1) is 17.6 Å². The lowest BCUT2D eigenvalue weighted by Crippen LogP contribution is -1.85. The van der Waals surface area contributed by atoms with Crippen LogP contribution in [0.5, 0.6) is 5.75 Å². The molecule has 2 aromatic carbocycles. The highest BCUT2D eigenvalue weighted by Crippen LogP contribution is 2.30. The van der Waals surface area contributed by atoms with Crippen LogP contribution in [0.25, 0.3) is 22.4 Å². The maximum absolute atomic E-state index is 5.53. The normalized spacial score (nSPS) is 13.5. The average Bonchev–Trinajstić information content (AvgIpc) is 3.02. The number of ether oxygens (including phenoxy) is 1. The maximum Gasteiger partial charge on any atom is 0.138 e. The SMILES string of the molecule is Brc1ccc2nc(-c3ccc4c(c3)CCO4)[nH]c2c1. The summed E-state index contributed by atoms with van der Waals surface area (Å²) in [6, 6.07) is 12.3. The fourth-order valence-corrected chi connectivity index (χ4v) is 2.81. The number of rotatable bonds is 1. The monoisotopic (exact) mass is 314 g/mol. The number of hydrogen-bond acceptors (Lipinski definition) is 2. The van der Waals surface area contributed by atoms with Gasteiger partial charge in [0.25, 0.3) is 0 Å². The highest BCUT2D eigenvalue weighted by atomic mass is 79.9. The Morgan fingerprint density at radius 2 is 2.11 bits per heavy atom. The summed E-state index contributed by atoms with van der Waals surface area (Å²) in [4.78, 5) is 7.99. The van der Waals surface area contributed by atoms with Crippen LogP contribution in [0.4, 0.5) is 0 Å². The van der Waals surface area contributed by atoms with Crippen molar-refractivity contribution in [3.63, 3.8) is 0 Å². The molecule has 0 aliphatic carbocycles. The molecule has 0 radical (unpaired) electrons. The lowest BCUT2D eigenvalue weighted by atomic mass is 10.1. The van der Waals surface area contributed by atoms with Crippen LogP contribution in [0.1, 0.15) is 5.56 Å².